The average Bonchev–Trinajstić information content (AvgIpc) is 3.18. The molecule has 2 aromatic heterocycles. The van der Waals surface area contributed by atoms with Gasteiger partial charge in [0.25, 0.3) is 0 Å². The van der Waals surface area contributed by atoms with Gasteiger partial charge in [-0.15, -0.1) is 17.9 Å². The second-order valence-corrected chi connectivity index (χ2v) is 9.60. The summed E-state index contributed by atoms with van der Waals surface area (Å²) in [4.78, 5) is 27.5. The number of hydrogen-bond acceptors (Lipinski definition) is 8. The first-order valence-corrected chi connectivity index (χ1v) is 11.6. The number of nitrogen functional groups attached to an aromatic ring is 1. The number of rotatable bonds is 7. The Morgan fingerprint density at radius 1 is 1.36 bits per heavy atom. The zero-order chi connectivity index (χ0) is 23.7. The van der Waals surface area contributed by atoms with Gasteiger partial charge in [-0.2, -0.15) is 0 Å². The van der Waals surface area contributed by atoms with Gasteiger partial charge in [0.2, 0.25) is 5.91 Å². The number of aromatic nitrogens is 2. The third kappa shape index (κ3) is 4.28. The number of thiophene rings is 1. The van der Waals surface area contributed by atoms with E-state index in [4.69, 9.17) is 11.1 Å². The molecule has 0 bridgehead atoms. The molecule has 8 nitrogen and oxygen atoms in total. The van der Waals surface area contributed by atoms with Gasteiger partial charge >= 0.3 is 0 Å². The Balaban J connectivity index is 1.76. The minimum absolute atomic E-state index is 0.0105. The maximum Gasteiger partial charge on any atom is 0.225 e. The first-order valence-electron chi connectivity index (χ1n) is 10.8. The first-order chi connectivity index (χ1) is 15.8. The van der Waals surface area contributed by atoms with Crippen molar-refractivity contribution in [1.29, 1.82) is 5.41 Å². The average molecular weight is 464 g/mol. The minimum Gasteiger partial charge on any atom is -0.398 e. The number of likely N-dealkylation sites (N-methyl/N-ethyl adjacent to an activating group) is 1. The molecule has 0 fully saturated rings. The zero-order valence-corrected chi connectivity index (χ0v) is 20.0. The number of anilines is 4. The highest BCUT2D eigenvalue weighted by atomic mass is 32.1. The normalized spacial score (nSPS) is 15.1. The van der Waals surface area contributed by atoms with Crippen LogP contribution >= 0.6 is 11.3 Å². The molecule has 1 atom stereocenters. The van der Waals surface area contributed by atoms with Crippen LogP contribution < -0.4 is 16.0 Å². The van der Waals surface area contributed by atoms with Crippen LogP contribution in [0.5, 0.6) is 0 Å². The van der Waals surface area contributed by atoms with E-state index >= 15 is 0 Å². The Kier molecular flexibility index (Phi) is 6.33. The number of carbonyl (C=O) groups is 1. The number of benzene rings is 1. The lowest BCUT2D eigenvalue weighted by Crippen LogP contribution is -2.32. The SMILES string of the molecule is C=CCN(C)c1cc(N)c(C=N)cc1Nc1ncnc2sc3c(c12)CCC(C(=O)N(C)C)C3. The summed E-state index contributed by atoms with van der Waals surface area (Å²) in [5.74, 6) is 0.915. The van der Waals surface area contributed by atoms with Gasteiger partial charge in [-0.05, 0) is 37.0 Å². The van der Waals surface area contributed by atoms with Gasteiger partial charge in [-0.25, -0.2) is 9.97 Å². The van der Waals surface area contributed by atoms with Crippen molar-refractivity contribution in [2.24, 2.45) is 5.92 Å². The van der Waals surface area contributed by atoms with Gasteiger partial charge in [-0.1, -0.05) is 6.08 Å². The van der Waals surface area contributed by atoms with Gasteiger partial charge in [0.15, 0.2) is 0 Å². The zero-order valence-electron chi connectivity index (χ0n) is 19.2. The van der Waals surface area contributed by atoms with E-state index < -0.39 is 0 Å². The van der Waals surface area contributed by atoms with Crippen molar-refractivity contribution in [3.8, 4) is 0 Å². The molecule has 0 saturated heterocycles. The molecule has 0 aliphatic heterocycles. The molecule has 0 saturated carbocycles. The number of nitrogens with zero attached hydrogens (tertiary/aromatic N) is 4. The van der Waals surface area contributed by atoms with Crippen molar-refractivity contribution in [2.75, 3.05) is 43.6 Å². The molecule has 9 heteroatoms. The lowest BCUT2D eigenvalue weighted by molar-refractivity contribution is -0.133. The number of fused-ring (bicyclic) bond motifs is 3. The van der Waals surface area contributed by atoms with E-state index in [1.165, 1.54) is 16.7 Å². The summed E-state index contributed by atoms with van der Waals surface area (Å²) in [6, 6.07) is 3.74. The van der Waals surface area contributed by atoms with Crippen molar-refractivity contribution >= 4 is 56.6 Å². The molecule has 3 aromatic rings. The third-order valence-corrected chi connectivity index (χ3v) is 7.22. The summed E-state index contributed by atoms with van der Waals surface area (Å²) in [5, 5.41) is 12.2. The summed E-state index contributed by atoms with van der Waals surface area (Å²) in [7, 11) is 5.59. The Morgan fingerprint density at radius 2 is 2.15 bits per heavy atom. The molecular formula is C24H29N7OS. The smallest absolute Gasteiger partial charge is 0.225 e. The van der Waals surface area contributed by atoms with Gasteiger partial charge in [0, 0.05) is 55.9 Å². The number of nitrogens with two attached hydrogens (primary N) is 1. The van der Waals surface area contributed by atoms with E-state index in [1.807, 2.05) is 44.3 Å². The molecule has 0 spiro atoms. The molecule has 1 aliphatic rings. The number of nitrogens with one attached hydrogen (secondary N) is 2. The Labute approximate surface area is 197 Å². The molecule has 33 heavy (non-hydrogen) atoms. The minimum atomic E-state index is 0.0105. The molecule has 4 rings (SSSR count). The maximum absolute atomic E-state index is 12.5. The van der Waals surface area contributed by atoms with E-state index in [1.54, 1.807) is 22.6 Å². The van der Waals surface area contributed by atoms with Crippen molar-refractivity contribution in [1.82, 2.24) is 14.9 Å². The molecule has 2 heterocycles. The van der Waals surface area contributed by atoms with Crippen LogP contribution in [0.25, 0.3) is 10.2 Å². The highest BCUT2D eigenvalue weighted by Crippen LogP contribution is 2.41. The summed E-state index contributed by atoms with van der Waals surface area (Å²) in [6.45, 7) is 4.48. The molecule has 172 valence electrons. The van der Waals surface area contributed by atoms with Crippen molar-refractivity contribution in [3.63, 3.8) is 0 Å². The van der Waals surface area contributed by atoms with Gasteiger partial charge < -0.3 is 26.3 Å². The molecule has 1 unspecified atom stereocenters. The second-order valence-electron chi connectivity index (χ2n) is 8.52. The Bertz CT molecular complexity index is 1230. The second kappa shape index (κ2) is 9.19. The number of hydrogen-bond donors (Lipinski definition) is 3. The molecule has 0 radical (unpaired) electrons. The predicted molar refractivity (Wildman–Crippen MR) is 137 cm³/mol. The summed E-state index contributed by atoms with van der Waals surface area (Å²) in [6.07, 6.45) is 7.02. The van der Waals surface area contributed by atoms with E-state index in [0.717, 1.165) is 46.7 Å². The Hall–Kier alpha value is -3.46. The highest BCUT2D eigenvalue weighted by Gasteiger charge is 2.30. The fraction of sp³-hybridized carbons (Fsp3) is 0.333. The standard InChI is InChI=1S/C24H29N7OS/c1-5-8-31(4)19-11-17(26)15(12-25)9-18(19)29-22-21-16-7-6-14(24(32)30(2)3)10-20(16)33-23(21)28-13-27-22/h5,9,11-14,25H,1,6-8,10,26H2,2-4H3,(H,27,28,29). The number of amides is 1. The fourth-order valence-electron chi connectivity index (χ4n) is 4.36. The summed E-state index contributed by atoms with van der Waals surface area (Å²) in [5.41, 5.74) is 10.3. The van der Waals surface area contributed by atoms with Crippen LogP contribution in [0.2, 0.25) is 0 Å². The molecule has 4 N–H and O–H groups in total. The number of carbonyl (C=O) groups excluding carboxylic acids is 1. The largest absolute Gasteiger partial charge is 0.398 e. The van der Waals surface area contributed by atoms with Crippen molar-refractivity contribution in [2.45, 2.75) is 19.3 Å². The van der Waals surface area contributed by atoms with E-state index in [2.05, 4.69) is 21.9 Å². The van der Waals surface area contributed by atoms with Crippen LogP contribution in [0.1, 0.15) is 22.4 Å². The quantitative estimate of drug-likeness (QED) is 0.279. The lowest BCUT2D eigenvalue weighted by Gasteiger charge is -2.25. The first kappa shape index (κ1) is 22.7. The van der Waals surface area contributed by atoms with Crippen LogP contribution in [-0.2, 0) is 17.6 Å². The van der Waals surface area contributed by atoms with Crippen molar-refractivity contribution < 1.29 is 4.79 Å². The topological polar surface area (TPSA) is 111 Å². The Morgan fingerprint density at radius 3 is 2.85 bits per heavy atom. The van der Waals surface area contributed by atoms with Gasteiger partial charge in [0.05, 0.1) is 16.8 Å². The van der Waals surface area contributed by atoms with Crippen LogP contribution in [0.3, 0.4) is 0 Å². The fourth-order valence-corrected chi connectivity index (χ4v) is 5.63. The molecular weight excluding hydrogens is 434 g/mol. The van der Waals surface area contributed by atoms with Gasteiger partial charge in [-0.3, -0.25) is 4.79 Å². The monoisotopic (exact) mass is 463 g/mol. The van der Waals surface area contributed by atoms with E-state index in [0.29, 0.717) is 17.8 Å². The molecule has 1 aliphatic carbocycles. The predicted octanol–water partition coefficient (Wildman–Crippen LogP) is 3.83. The molecule has 1 aromatic carbocycles. The number of aryl methyl sites for hydroxylation is 1. The van der Waals surface area contributed by atoms with Crippen LogP contribution in [0, 0.1) is 11.3 Å². The third-order valence-electron chi connectivity index (χ3n) is 6.06. The van der Waals surface area contributed by atoms with Crippen LogP contribution in [-0.4, -0.2) is 54.7 Å². The highest BCUT2D eigenvalue weighted by molar-refractivity contribution is 7.19. The maximum atomic E-state index is 12.5. The van der Waals surface area contributed by atoms with Crippen LogP contribution in [0.4, 0.5) is 22.9 Å². The molecule has 1 amide bonds. The van der Waals surface area contributed by atoms with Crippen LogP contribution in [0.15, 0.2) is 31.1 Å². The van der Waals surface area contributed by atoms with E-state index in [-0.39, 0.29) is 11.8 Å². The summed E-state index contributed by atoms with van der Waals surface area (Å²) < 4.78 is 0. The lowest BCUT2D eigenvalue weighted by atomic mass is 9.87. The van der Waals surface area contributed by atoms with Gasteiger partial charge in [0.1, 0.15) is 17.0 Å². The van der Waals surface area contributed by atoms with E-state index in [9.17, 15) is 4.79 Å². The summed E-state index contributed by atoms with van der Waals surface area (Å²) >= 11 is 1.64. The van der Waals surface area contributed by atoms with Crippen molar-refractivity contribution in [3.05, 3.63) is 47.1 Å².